The molecule has 1 atom stereocenters. The van der Waals surface area contributed by atoms with Crippen molar-refractivity contribution < 1.29 is 18.0 Å². The van der Waals surface area contributed by atoms with Crippen molar-refractivity contribution in [3.8, 4) is 0 Å². The van der Waals surface area contributed by atoms with E-state index in [0.29, 0.717) is 22.4 Å². The Morgan fingerprint density at radius 2 is 1.95 bits per heavy atom. The number of amides is 1. The maximum Gasteiger partial charge on any atom is 0.403 e. The van der Waals surface area contributed by atoms with E-state index in [-0.39, 0.29) is 12.3 Å². The first-order valence-corrected chi connectivity index (χ1v) is 6.13. The second-order valence-electron chi connectivity index (χ2n) is 4.89. The van der Waals surface area contributed by atoms with Gasteiger partial charge in [0.1, 0.15) is 6.04 Å². The Bertz CT molecular complexity index is 578. The summed E-state index contributed by atoms with van der Waals surface area (Å²) in [5.74, 6) is -0.293. The summed E-state index contributed by atoms with van der Waals surface area (Å²) in [6.45, 7) is 1.52. The van der Waals surface area contributed by atoms with Crippen LogP contribution in [0.4, 0.5) is 18.9 Å². The van der Waals surface area contributed by atoms with Crippen LogP contribution in [-0.2, 0) is 4.79 Å². The average Bonchev–Trinajstić information content (AvgIpc) is 2.61. The third-order valence-electron chi connectivity index (χ3n) is 3.43. The van der Waals surface area contributed by atoms with Gasteiger partial charge in [0.25, 0.3) is 5.91 Å². The third-order valence-corrected chi connectivity index (χ3v) is 3.43. The van der Waals surface area contributed by atoms with Gasteiger partial charge in [-0.25, -0.2) is 0 Å². The second kappa shape index (κ2) is 4.94. The smallest absolute Gasteiger partial charge is 0.320 e. The molecule has 1 aliphatic rings. The van der Waals surface area contributed by atoms with E-state index >= 15 is 0 Å². The van der Waals surface area contributed by atoms with Crippen molar-refractivity contribution in [2.75, 3.05) is 11.9 Å². The molecule has 108 valence electrons. The second-order valence-corrected chi connectivity index (χ2v) is 4.89. The van der Waals surface area contributed by atoms with Crippen LogP contribution in [0.25, 0.3) is 5.57 Å². The zero-order valence-corrected chi connectivity index (χ0v) is 11.2. The molecule has 1 aromatic rings. The Balaban J connectivity index is 2.41. The van der Waals surface area contributed by atoms with E-state index in [1.807, 2.05) is 0 Å². The number of benzene rings is 1. The van der Waals surface area contributed by atoms with Gasteiger partial charge in [0.2, 0.25) is 0 Å². The summed E-state index contributed by atoms with van der Waals surface area (Å²) >= 11 is 0. The van der Waals surface area contributed by atoms with Crippen molar-refractivity contribution in [2.45, 2.75) is 25.6 Å². The van der Waals surface area contributed by atoms with Crippen molar-refractivity contribution in [1.29, 1.82) is 0 Å². The number of carbonyl (C=O) groups excluding carboxylic acids is 1. The number of para-hydroxylation sites is 1. The summed E-state index contributed by atoms with van der Waals surface area (Å²) in [6, 6.07) is 5.07. The van der Waals surface area contributed by atoms with E-state index in [1.165, 1.54) is 11.8 Å². The van der Waals surface area contributed by atoms with Crippen LogP contribution in [0, 0.1) is 0 Å². The Hall–Kier alpha value is -1.82. The quantitative estimate of drug-likeness (QED) is 0.849. The fourth-order valence-corrected chi connectivity index (χ4v) is 2.33. The van der Waals surface area contributed by atoms with Gasteiger partial charge >= 0.3 is 6.18 Å². The summed E-state index contributed by atoms with van der Waals surface area (Å²) in [5, 5.41) is 0. The lowest BCUT2D eigenvalue weighted by Crippen LogP contribution is -2.37. The van der Waals surface area contributed by atoms with E-state index in [9.17, 15) is 18.0 Å². The molecular formula is C14H15F3N2O. The van der Waals surface area contributed by atoms with Crippen LogP contribution in [-0.4, -0.2) is 25.2 Å². The lowest BCUT2D eigenvalue weighted by molar-refractivity contribution is -0.147. The number of hydrogen-bond acceptors (Lipinski definition) is 2. The number of carbonyl (C=O) groups is 1. The highest BCUT2D eigenvalue weighted by Gasteiger charge is 2.38. The lowest BCUT2D eigenvalue weighted by Gasteiger charge is -2.16. The summed E-state index contributed by atoms with van der Waals surface area (Å²) in [5.41, 5.74) is 7.18. The molecular weight excluding hydrogens is 269 g/mol. The number of alkyl halides is 3. The standard InChI is InChI=1S/C14H15F3N2O/c1-8(7-11(18)14(15,16)17)12-9-5-3-4-6-10(9)19(2)13(12)20/h3-6,11H,7,18H2,1-2H3/b12-8-/t11-/m0/s1. The Labute approximate surface area is 114 Å². The topological polar surface area (TPSA) is 46.3 Å². The first-order valence-electron chi connectivity index (χ1n) is 6.13. The molecule has 0 saturated heterocycles. The van der Waals surface area contributed by atoms with Crippen LogP contribution >= 0.6 is 0 Å². The van der Waals surface area contributed by atoms with Gasteiger partial charge in [-0.05, 0) is 19.4 Å². The van der Waals surface area contributed by atoms with Crippen molar-refractivity contribution >= 4 is 17.2 Å². The first kappa shape index (κ1) is 14.6. The van der Waals surface area contributed by atoms with Crippen LogP contribution in [0.3, 0.4) is 0 Å². The molecule has 0 bridgehead atoms. The van der Waals surface area contributed by atoms with Gasteiger partial charge in [0, 0.05) is 18.2 Å². The monoisotopic (exact) mass is 284 g/mol. The fraction of sp³-hybridized carbons (Fsp3) is 0.357. The summed E-state index contributed by atoms with van der Waals surface area (Å²) in [6.07, 6.45) is -4.85. The number of nitrogens with zero attached hydrogens (tertiary/aromatic N) is 1. The molecule has 0 saturated carbocycles. The molecule has 0 radical (unpaired) electrons. The molecule has 0 fully saturated rings. The lowest BCUT2D eigenvalue weighted by atomic mass is 9.97. The Morgan fingerprint density at radius 3 is 2.55 bits per heavy atom. The first-order chi connectivity index (χ1) is 9.23. The van der Waals surface area contributed by atoms with Crippen molar-refractivity contribution in [1.82, 2.24) is 0 Å². The van der Waals surface area contributed by atoms with Gasteiger partial charge in [-0.15, -0.1) is 0 Å². The fourth-order valence-electron chi connectivity index (χ4n) is 2.33. The number of rotatable bonds is 2. The molecule has 20 heavy (non-hydrogen) atoms. The van der Waals surface area contributed by atoms with Crippen molar-refractivity contribution in [3.63, 3.8) is 0 Å². The highest BCUT2D eigenvalue weighted by molar-refractivity contribution is 6.33. The predicted molar refractivity (Wildman–Crippen MR) is 71.1 cm³/mol. The highest BCUT2D eigenvalue weighted by Crippen LogP contribution is 2.38. The third kappa shape index (κ3) is 2.43. The van der Waals surface area contributed by atoms with Crippen LogP contribution in [0.15, 0.2) is 29.8 Å². The van der Waals surface area contributed by atoms with Gasteiger partial charge in [-0.2, -0.15) is 13.2 Å². The van der Waals surface area contributed by atoms with E-state index in [1.54, 1.807) is 31.3 Å². The van der Waals surface area contributed by atoms with Crippen LogP contribution < -0.4 is 10.6 Å². The van der Waals surface area contributed by atoms with Gasteiger partial charge in [0.05, 0.1) is 5.69 Å². The molecule has 1 amide bonds. The molecule has 1 heterocycles. The van der Waals surface area contributed by atoms with Crippen LogP contribution in [0.2, 0.25) is 0 Å². The maximum atomic E-state index is 12.5. The minimum atomic E-state index is -4.46. The van der Waals surface area contributed by atoms with E-state index < -0.39 is 12.2 Å². The molecule has 2 rings (SSSR count). The van der Waals surface area contributed by atoms with Gasteiger partial charge in [-0.1, -0.05) is 23.8 Å². The number of hydrogen-bond donors (Lipinski definition) is 1. The zero-order valence-electron chi connectivity index (χ0n) is 11.2. The SMILES string of the molecule is C/C(C[C@H](N)C(F)(F)F)=C1/C(=O)N(C)c2ccccc21. The number of likely N-dealkylation sites (N-methyl/N-ethyl adjacent to an activating group) is 1. The number of halogens is 3. The molecule has 2 N–H and O–H groups in total. The Morgan fingerprint density at radius 1 is 1.35 bits per heavy atom. The minimum Gasteiger partial charge on any atom is -0.320 e. The normalized spacial score (nSPS) is 19.1. The molecule has 6 heteroatoms. The average molecular weight is 284 g/mol. The number of nitrogens with two attached hydrogens (primary N) is 1. The number of anilines is 1. The summed E-state index contributed by atoms with van der Waals surface area (Å²) in [4.78, 5) is 13.6. The van der Waals surface area contributed by atoms with E-state index in [2.05, 4.69) is 0 Å². The van der Waals surface area contributed by atoms with Crippen molar-refractivity contribution in [3.05, 3.63) is 35.4 Å². The Kier molecular flexibility index (Phi) is 3.60. The summed E-state index contributed by atoms with van der Waals surface area (Å²) in [7, 11) is 1.60. The van der Waals surface area contributed by atoms with Crippen LogP contribution in [0.5, 0.6) is 0 Å². The molecule has 0 spiro atoms. The van der Waals surface area contributed by atoms with Crippen molar-refractivity contribution in [2.24, 2.45) is 5.73 Å². The van der Waals surface area contributed by atoms with E-state index in [4.69, 9.17) is 5.73 Å². The highest BCUT2D eigenvalue weighted by atomic mass is 19.4. The van der Waals surface area contributed by atoms with Gasteiger partial charge in [-0.3, -0.25) is 4.79 Å². The predicted octanol–water partition coefficient (Wildman–Crippen LogP) is 2.72. The zero-order chi connectivity index (χ0) is 15.1. The molecule has 1 aliphatic heterocycles. The molecule has 0 unspecified atom stereocenters. The van der Waals surface area contributed by atoms with Crippen LogP contribution in [0.1, 0.15) is 18.9 Å². The number of fused-ring (bicyclic) bond motifs is 1. The van der Waals surface area contributed by atoms with Gasteiger partial charge < -0.3 is 10.6 Å². The van der Waals surface area contributed by atoms with E-state index in [0.717, 1.165) is 0 Å². The minimum absolute atomic E-state index is 0.293. The summed E-state index contributed by atoms with van der Waals surface area (Å²) < 4.78 is 37.6. The largest absolute Gasteiger partial charge is 0.403 e. The molecule has 3 nitrogen and oxygen atoms in total. The molecule has 0 aliphatic carbocycles. The maximum absolute atomic E-state index is 12.5. The molecule has 1 aromatic carbocycles. The van der Waals surface area contributed by atoms with Gasteiger partial charge in [0.15, 0.2) is 0 Å². The molecule has 0 aromatic heterocycles.